The molecule has 1 aromatic rings. The minimum absolute atomic E-state index is 0.0562. The van der Waals surface area contributed by atoms with Crippen molar-refractivity contribution in [1.82, 2.24) is 10.6 Å². The fraction of sp³-hybridized carbons (Fsp3) is 0.318. The Labute approximate surface area is 176 Å². The van der Waals surface area contributed by atoms with Crippen molar-refractivity contribution in [3.8, 4) is 0 Å². The van der Waals surface area contributed by atoms with Crippen LogP contribution in [0.25, 0.3) is 0 Å². The summed E-state index contributed by atoms with van der Waals surface area (Å²) in [5.74, 6) is -1.15. The van der Waals surface area contributed by atoms with Gasteiger partial charge in [0.15, 0.2) is 0 Å². The van der Waals surface area contributed by atoms with Gasteiger partial charge in [-0.2, -0.15) is 0 Å². The summed E-state index contributed by atoms with van der Waals surface area (Å²) >= 11 is 0. The molecule has 0 aromatic heterocycles. The van der Waals surface area contributed by atoms with E-state index in [0.29, 0.717) is 19.4 Å². The van der Waals surface area contributed by atoms with E-state index in [-0.39, 0.29) is 19.6 Å². The van der Waals surface area contributed by atoms with E-state index in [1.807, 2.05) is 18.2 Å². The number of hydrogen-bond donors (Lipinski definition) is 3. The normalized spacial score (nSPS) is 11.7. The number of carboxylic acid groups (broad SMARTS) is 1. The van der Waals surface area contributed by atoms with Gasteiger partial charge in [-0.15, -0.1) is 0 Å². The zero-order valence-electron chi connectivity index (χ0n) is 16.8. The molecule has 8 heteroatoms. The molecule has 1 aromatic carbocycles. The van der Waals surface area contributed by atoms with E-state index >= 15 is 0 Å². The molecule has 0 unspecified atom stereocenters. The zero-order valence-corrected chi connectivity index (χ0v) is 16.8. The third-order valence-electron chi connectivity index (χ3n) is 3.96. The molecule has 0 saturated carbocycles. The standard InChI is InChI=1S/C22H28N2O6/c1-3-10-17(4-2)15-29-21(27)23-14-9-8-13-19(20(25)26)24-22(28)30-16-18-11-6-5-7-12-18/h3-7,10-12,19H,1-2,8-9,13-16H2,(H,23,27)(H,24,28)(H,25,26)/b17-10+/t19-/m0/s1. The second-order valence-electron chi connectivity index (χ2n) is 6.28. The summed E-state index contributed by atoms with van der Waals surface area (Å²) in [5, 5.41) is 14.2. The van der Waals surface area contributed by atoms with Crippen LogP contribution in [0.2, 0.25) is 0 Å². The second-order valence-corrected chi connectivity index (χ2v) is 6.28. The van der Waals surface area contributed by atoms with Gasteiger partial charge in [-0.05, 0) is 30.4 Å². The quantitative estimate of drug-likeness (QED) is 0.335. The van der Waals surface area contributed by atoms with Crippen LogP contribution in [-0.4, -0.2) is 42.5 Å². The van der Waals surface area contributed by atoms with E-state index in [4.69, 9.17) is 9.47 Å². The van der Waals surface area contributed by atoms with Gasteiger partial charge >= 0.3 is 18.2 Å². The summed E-state index contributed by atoms with van der Waals surface area (Å²) in [6, 6.07) is 8.01. The van der Waals surface area contributed by atoms with Crippen molar-refractivity contribution in [3.63, 3.8) is 0 Å². The average molecular weight is 416 g/mol. The Bertz CT molecular complexity index is 745. The molecule has 0 heterocycles. The number of alkyl carbamates (subject to hydrolysis) is 2. The maximum Gasteiger partial charge on any atom is 0.408 e. The third-order valence-corrected chi connectivity index (χ3v) is 3.96. The molecule has 3 N–H and O–H groups in total. The van der Waals surface area contributed by atoms with E-state index in [9.17, 15) is 19.5 Å². The molecule has 2 amide bonds. The number of carbonyl (C=O) groups excluding carboxylic acids is 2. The van der Waals surface area contributed by atoms with Crippen molar-refractivity contribution in [1.29, 1.82) is 0 Å². The number of unbranched alkanes of at least 4 members (excludes halogenated alkanes) is 1. The number of allylic oxidation sites excluding steroid dienone is 2. The molecule has 0 bridgehead atoms. The maximum atomic E-state index is 11.8. The van der Waals surface area contributed by atoms with Crippen LogP contribution in [0, 0.1) is 0 Å². The Hall–Kier alpha value is -3.55. The molecule has 162 valence electrons. The van der Waals surface area contributed by atoms with Crippen molar-refractivity contribution < 1.29 is 29.0 Å². The largest absolute Gasteiger partial charge is 0.480 e. The van der Waals surface area contributed by atoms with Gasteiger partial charge in [0.05, 0.1) is 0 Å². The van der Waals surface area contributed by atoms with E-state index in [2.05, 4.69) is 23.8 Å². The predicted molar refractivity (Wildman–Crippen MR) is 113 cm³/mol. The van der Waals surface area contributed by atoms with E-state index in [1.54, 1.807) is 30.4 Å². The van der Waals surface area contributed by atoms with Crippen molar-refractivity contribution in [2.45, 2.75) is 31.9 Å². The summed E-state index contributed by atoms with van der Waals surface area (Å²) in [5.41, 5.74) is 1.52. The molecule has 1 rings (SSSR count). The highest BCUT2D eigenvalue weighted by molar-refractivity contribution is 5.79. The van der Waals surface area contributed by atoms with Gasteiger partial charge in [0.25, 0.3) is 0 Å². The lowest BCUT2D eigenvalue weighted by molar-refractivity contribution is -0.139. The number of benzene rings is 1. The minimum Gasteiger partial charge on any atom is -0.480 e. The fourth-order valence-corrected chi connectivity index (χ4v) is 2.35. The Morgan fingerprint density at radius 2 is 1.80 bits per heavy atom. The number of ether oxygens (including phenoxy) is 2. The van der Waals surface area contributed by atoms with Crippen LogP contribution < -0.4 is 10.6 Å². The Balaban J connectivity index is 2.24. The lowest BCUT2D eigenvalue weighted by atomic mass is 10.1. The topological polar surface area (TPSA) is 114 Å². The first-order valence-corrected chi connectivity index (χ1v) is 9.51. The lowest BCUT2D eigenvalue weighted by Gasteiger charge is -2.14. The second kappa shape index (κ2) is 14.4. The van der Waals surface area contributed by atoms with Crippen LogP contribution in [0.15, 0.2) is 67.3 Å². The molecule has 0 spiro atoms. The van der Waals surface area contributed by atoms with Crippen LogP contribution in [0.3, 0.4) is 0 Å². The van der Waals surface area contributed by atoms with Gasteiger partial charge in [-0.1, -0.05) is 61.7 Å². The first-order chi connectivity index (χ1) is 14.5. The third kappa shape index (κ3) is 10.7. The Morgan fingerprint density at radius 1 is 1.07 bits per heavy atom. The summed E-state index contributed by atoms with van der Waals surface area (Å²) < 4.78 is 10.1. The number of aliphatic carboxylic acids is 1. The monoisotopic (exact) mass is 416 g/mol. The highest BCUT2D eigenvalue weighted by atomic mass is 16.6. The van der Waals surface area contributed by atoms with Crippen LogP contribution >= 0.6 is 0 Å². The van der Waals surface area contributed by atoms with Gasteiger partial charge < -0.3 is 25.2 Å². The fourth-order valence-electron chi connectivity index (χ4n) is 2.35. The van der Waals surface area contributed by atoms with Crippen molar-refractivity contribution >= 4 is 18.2 Å². The van der Waals surface area contributed by atoms with Gasteiger partial charge in [0.1, 0.15) is 19.3 Å². The molecule has 8 nitrogen and oxygen atoms in total. The van der Waals surface area contributed by atoms with Crippen molar-refractivity contribution in [3.05, 3.63) is 72.9 Å². The number of rotatable bonds is 13. The maximum absolute atomic E-state index is 11.8. The SMILES string of the molecule is C=C/C=C(\C=C)COC(=O)NCCCC[C@H](NC(=O)OCc1ccccc1)C(=O)O. The number of carbonyl (C=O) groups is 3. The number of nitrogens with one attached hydrogen (secondary N) is 2. The van der Waals surface area contributed by atoms with E-state index in [0.717, 1.165) is 11.1 Å². The summed E-state index contributed by atoms with van der Waals surface area (Å²) in [6.45, 7) is 7.62. The molecule has 0 aliphatic carbocycles. The molecule has 0 aliphatic rings. The van der Waals surface area contributed by atoms with Gasteiger partial charge in [0.2, 0.25) is 0 Å². The smallest absolute Gasteiger partial charge is 0.408 e. The van der Waals surface area contributed by atoms with Gasteiger partial charge in [-0.3, -0.25) is 0 Å². The van der Waals surface area contributed by atoms with E-state index < -0.39 is 24.2 Å². The number of carboxylic acids is 1. The van der Waals surface area contributed by atoms with Crippen LogP contribution in [0.5, 0.6) is 0 Å². The van der Waals surface area contributed by atoms with Crippen LogP contribution in [0.1, 0.15) is 24.8 Å². The highest BCUT2D eigenvalue weighted by Gasteiger charge is 2.20. The van der Waals surface area contributed by atoms with Gasteiger partial charge in [0, 0.05) is 6.54 Å². The predicted octanol–water partition coefficient (Wildman–Crippen LogP) is 3.56. The summed E-state index contributed by atoms with van der Waals surface area (Å²) in [7, 11) is 0. The molecule has 0 fully saturated rings. The summed E-state index contributed by atoms with van der Waals surface area (Å²) in [6.07, 6.45) is 4.66. The highest BCUT2D eigenvalue weighted by Crippen LogP contribution is 2.04. The first kappa shape index (κ1) is 24.5. The molecule has 0 aliphatic heterocycles. The van der Waals surface area contributed by atoms with Gasteiger partial charge in [-0.25, -0.2) is 14.4 Å². The molecule has 0 saturated heterocycles. The van der Waals surface area contributed by atoms with E-state index in [1.165, 1.54) is 0 Å². The van der Waals surface area contributed by atoms with Crippen LogP contribution in [0.4, 0.5) is 9.59 Å². The molecular weight excluding hydrogens is 388 g/mol. The average Bonchev–Trinajstić information content (AvgIpc) is 2.74. The Kier molecular flexibility index (Phi) is 11.8. The molecule has 0 radical (unpaired) electrons. The first-order valence-electron chi connectivity index (χ1n) is 9.51. The number of hydrogen-bond acceptors (Lipinski definition) is 5. The van der Waals surface area contributed by atoms with Crippen LogP contribution in [-0.2, 0) is 20.9 Å². The molecule has 1 atom stereocenters. The van der Waals surface area contributed by atoms with Crippen molar-refractivity contribution in [2.24, 2.45) is 0 Å². The summed E-state index contributed by atoms with van der Waals surface area (Å²) in [4.78, 5) is 34.8. The zero-order chi connectivity index (χ0) is 22.2. The lowest BCUT2D eigenvalue weighted by Crippen LogP contribution is -2.41. The number of amides is 2. The minimum atomic E-state index is -1.15. The Morgan fingerprint density at radius 3 is 2.43 bits per heavy atom. The molecular formula is C22H28N2O6. The molecule has 30 heavy (non-hydrogen) atoms. The van der Waals surface area contributed by atoms with Crippen molar-refractivity contribution in [2.75, 3.05) is 13.2 Å².